The summed E-state index contributed by atoms with van der Waals surface area (Å²) in [4.78, 5) is 0. The Balaban J connectivity index is 3.07. The first-order valence-corrected chi connectivity index (χ1v) is 4.17. The fourth-order valence-corrected chi connectivity index (χ4v) is 0.943. The van der Waals surface area contributed by atoms with Crippen molar-refractivity contribution in [2.75, 3.05) is 0 Å². The summed E-state index contributed by atoms with van der Waals surface area (Å²) >= 11 is 0. The van der Waals surface area contributed by atoms with Crippen LogP contribution in [0.15, 0.2) is 12.7 Å². The highest BCUT2D eigenvalue weighted by molar-refractivity contribution is 4.71. The molecule has 0 aromatic carbocycles. The van der Waals surface area contributed by atoms with Crippen LogP contribution in [0, 0.1) is 0 Å². The molecule has 1 heteroatoms. The van der Waals surface area contributed by atoms with Crippen LogP contribution in [0.25, 0.3) is 0 Å². The molecule has 0 spiro atoms. The normalized spacial score (nSPS) is 13.0. The summed E-state index contributed by atoms with van der Waals surface area (Å²) in [5.41, 5.74) is 5.80. The molecule has 0 heterocycles. The molecule has 0 aliphatic rings. The maximum absolute atomic E-state index is 5.80. The van der Waals surface area contributed by atoms with Gasteiger partial charge in [-0.25, -0.2) is 0 Å². The lowest BCUT2D eigenvalue weighted by Gasteiger charge is -2.07. The van der Waals surface area contributed by atoms with Crippen molar-refractivity contribution in [3.8, 4) is 0 Å². The van der Waals surface area contributed by atoms with Crippen LogP contribution >= 0.6 is 0 Å². The molecule has 60 valence electrons. The third-order valence-corrected chi connectivity index (χ3v) is 1.67. The van der Waals surface area contributed by atoms with Crippen LogP contribution in [0.5, 0.6) is 0 Å². The Bertz CT molecular complexity index is 78.8. The minimum absolute atomic E-state index is 0.401. The van der Waals surface area contributed by atoms with Gasteiger partial charge in [0.2, 0.25) is 0 Å². The molecule has 2 N–H and O–H groups in total. The molecule has 1 atom stereocenters. The Kier molecular flexibility index (Phi) is 6.61. The molecular formula is C9H19N. The van der Waals surface area contributed by atoms with Crippen LogP contribution in [0.2, 0.25) is 0 Å². The highest BCUT2D eigenvalue weighted by Crippen LogP contribution is 2.03. The maximum Gasteiger partial charge on any atom is 0.00417 e. The molecular weight excluding hydrogens is 122 g/mol. The van der Waals surface area contributed by atoms with Crippen LogP contribution in [0.4, 0.5) is 0 Å². The largest absolute Gasteiger partial charge is 0.328 e. The van der Waals surface area contributed by atoms with Crippen molar-refractivity contribution in [3.05, 3.63) is 12.7 Å². The quantitative estimate of drug-likeness (QED) is 0.565. The van der Waals surface area contributed by atoms with Crippen molar-refractivity contribution in [2.24, 2.45) is 5.73 Å². The van der Waals surface area contributed by atoms with E-state index in [-0.39, 0.29) is 0 Å². The first-order chi connectivity index (χ1) is 4.81. The maximum atomic E-state index is 5.80. The van der Waals surface area contributed by atoms with Gasteiger partial charge in [0, 0.05) is 6.04 Å². The van der Waals surface area contributed by atoms with Gasteiger partial charge < -0.3 is 5.73 Å². The van der Waals surface area contributed by atoms with E-state index >= 15 is 0 Å². The molecule has 0 aromatic heterocycles. The van der Waals surface area contributed by atoms with E-state index in [0.29, 0.717) is 6.04 Å². The highest BCUT2D eigenvalue weighted by Gasteiger charge is 1.98. The molecule has 0 saturated heterocycles. The third kappa shape index (κ3) is 5.83. The fraction of sp³-hybridized carbons (Fsp3) is 0.778. The van der Waals surface area contributed by atoms with Gasteiger partial charge in [-0.3, -0.25) is 0 Å². The molecule has 1 nitrogen and oxygen atoms in total. The molecule has 0 fully saturated rings. The van der Waals surface area contributed by atoms with Gasteiger partial charge in [0.1, 0.15) is 0 Å². The number of rotatable bonds is 6. The van der Waals surface area contributed by atoms with Gasteiger partial charge in [-0.05, 0) is 19.3 Å². The van der Waals surface area contributed by atoms with Crippen LogP contribution in [-0.4, -0.2) is 6.04 Å². The van der Waals surface area contributed by atoms with E-state index in [0.717, 1.165) is 12.8 Å². The zero-order valence-electron chi connectivity index (χ0n) is 6.97. The van der Waals surface area contributed by atoms with Crippen LogP contribution in [-0.2, 0) is 0 Å². The number of allylic oxidation sites excluding steroid dienone is 1. The van der Waals surface area contributed by atoms with E-state index in [9.17, 15) is 0 Å². The zero-order chi connectivity index (χ0) is 7.82. The van der Waals surface area contributed by atoms with E-state index in [1.165, 1.54) is 19.3 Å². The molecule has 0 aliphatic carbocycles. The van der Waals surface area contributed by atoms with Crippen molar-refractivity contribution >= 4 is 0 Å². The summed E-state index contributed by atoms with van der Waals surface area (Å²) in [7, 11) is 0. The molecule has 0 saturated carbocycles. The second-order valence-electron chi connectivity index (χ2n) is 2.77. The van der Waals surface area contributed by atoms with Gasteiger partial charge in [-0.15, -0.1) is 6.58 Å². The molecule has 0 amide bonds. The van der Waals surface area contributed by atoms with Gasteiger partial charge in [0.15, 0.2) is 0 Å². The van der Waals surface area contributed by atoms with Gasteiger partial charge in [-0.1, -0.05) is 25.8 Å². The monoisotopic (exact) mass is 141 g/mol. The Morgan fingerprint density at radius 3 is 2.70 bits per heavy atom. The SMILES string of the molecule is C=CCCC(N)CCCC. The Morgan fingerprint density at radius 1 is 1.50 bits per heavy atom. The first-order valence-electron chi connectivity index (χ1n) is 4.17. The van der Waals surface area contributed by atoms with E-state index in [4.69, 9.17) is 5.73 Å². The van der Waals surface area contributed by atoms with Crippen LogP contribution < -0.4 is 5.73 Å². The lowest BCUT2D eigenvalue weighted by Crippen LogP contribution is -2.18. The molecule has 1 unspecified atom stereocenters. The lowest BCUT2D eigenvalue weighted by molar-refractivity contribution is 0.545. The summed E-state index contributed by atoms with van der Waals surface area (Å²) in [6.45, 7) is 5.85. The second kappa shape index (κ2) is 6.81. The summed E-state index contributed by atoms with van der Waals surface area (Å²) in [5.74, 6) is 0. The minimum atomic E-state index is 0.401. The van der Waals surface area contributed by atoms with Gasteiger partial charge in [0.25, 0.3) is 0 Å². The van der Waals surface area contributed by atoms with Crippen molar-refractivity contribution in [2.45, 2.75) is 45.1 Å². The first kappa shape index (κ1) is 9.70. The van der Waals surface area contributed by atoms with Crippen molar-refractivity contribution in [1.82, 2.24) is 0 Å². The van der Waals surface area contributed by atoms with Crippen LogP contribution in [0.1, 0.15) is 39.0 Å². The smallest absolute Gasteiger partial charge is 0.00417 e. The fourth-order valence-electron chi connectivity index (χ4n) is 0.943. The average Bonchev–Trinajstić information content (AvgIpc) is 1.97. The zero-order valence-corrected chi connectivity index (χ0v) is 6.97. The van der Waals surface area contributed by atoms with Crippen molar-refractivity contribution in [3.63, 3.8) is 0 Å². The number of nitrogens with two attached hydrogens (primary N) is 1. The van der Waals surface area contributed by atoms with Crippen LogP contribution in [0.3, 0.4) is 0 Å². The Morgan fingerprint density at radius 2 is 2.20 bits per heavy atom. The molecule has 10 heavy (non-hydrogen) atoms. The summed E-state index contributed by atoms with van der Waals surface area (Å²) < 4.78 is 0. The summed E-state index contributed by atoms with van der Waals surface area (Å²) in [6.07, 6.45) is 7.78. The van der Waals surface area contributed by atoms with E-state index in [1.54, 1.807) is 0 Å². The van der Waals surface area contributed by atoms with Crippen molar-refractivity contribution in [1.29, 1.82) is 0 Å². The van der Waals surface area contributed by atoms with Gasteiger partial charge >= 0.3 is 0 Å². The lowest BCUT2D eigenvalue weighted by atomic mass is 10.1. The summed E-state index contributed by atoms with van der Waals surface area (Å²) in [6, 6.07) is 0.401. The predicted octanol–water partition coefficient (Wildman–Crippen LogP) is 2.47. The molecule has 0 radical (unpaired) electrons. The Labute approximate surface area is 64.3 Å². The molecule has 0 aromatic rings. The minimum Gasteiger partial charge on any atom is -0.328 e. The van der Waals surface area contributed by atoms with E-state index < -0.39 is 0 Å². The van der Waals surface area contributed by atoms with Gasteiger partial charge in [-0.2, -0.15) is 0 Å². The second-order valence-corrected chi connectivity index (χ2v) is 2.77. The molecule has 0 rings (SSSR count). The number of unbranched alkanes of at least 4 members (excludes halogenated alkanes) is 1. The van der Waals surface area contributed by atoms with Crippen molar-refractivity contribution < 1.29 is 0 Å². The standard InChI is InChI=1S/C9H19N/c1-3-5-7-9(10)8-6-4-2/h3,9H,1,4-8,10H2,2H3. The van der Waals surface area contributed by atoms with E-state index in [1.807, 2.05) is 6.08 Å². The highest BCUT2D eigenvalue weighted by atomic mass is 14.6. The number of hydrogen-bond acceptors (Lipinski definition) is 1. The predicted molar refractivity (Wildman–Crippen MR) is 46.9 cm³/mol. The third-order valence-electron chi connectivity index (χ3n) is 1.67. The van der Waals surface area contributed by atoms with Gasteiger partial charge in [0.05, 0.1) is 0 Å². The Hall–Kier alpha value is -0.300. The average molecular weight is 141 g/mol. The summed E-state index contributed by atoms with van der Waals surface area (Å²) in [5, 5.41) is 0. The molecule has 0 bridgehead atoms. The molecule has 0 aliphatic heterocycles. The topological polar surface area (TPSA) is 26.0 Å². The number of hydrogen-bond donors (Lipinski definition) is 1. The van der Waals surface area contributed by atoms with E-state index in [2.05, 4.69) is 13.5 Å².